The largest absolute Gasteiger partial charge is 0.409 e. The van der Waals surface area contributed by atoms with Crippen molar-refractivity contribution in [1.82, 2.24) is 14.9 Å². The van der Waals surface area contributed by atoms with Gasteiger partial charge in [-0.3, -0.25) is 0 Å². The van der Waals surface area contributed by atoms with Gasteiger partial charge in [0.25, 0.3) is 0 Å². The second kappa shape index (κ2) is 5.34. The van der Waals surface area contributed by atoms with Crippen LogP contribution in [0.5, 0.6) is 0 Å². The summed E-state index contributed by atoms with van der Waals surface area (Å²) in [4.78, 5) is 3.76. The zero-order valence-corrected chi connectivity index (χ0v) is 9.38. The van der Waals surface area contributed by atoms with E-state index < -0.39 is 12.2 Å². The maximum atomic E-state index is 12.8. The summed E-state index contributed by atoms with van der Waals surface area (Å²) in [7, 11) is 0. The van der Waals surface area contributed by atoms with Crippen molar-refractivity contribution in [3.63, 3.8) is 0 Å². The molecular formula is C10H16F3N3. The van der Waals surface area contributed by atoms with Crippen molar-refractivity contribution in [2.75, 3.05) is 6.54 Å². The van der Waals surface area contributed by atoms with E-state index in [1.807, 2.05) is 6.92 Å². The van der Waals surface area contributed by atoms with E-state index in [0.29, 0.717) is 19.5 Å². The fourth-order valence-electron chi connectivity index (χ4n) is 1.51. The number of nitrogens with one attached hydrogen (secondary N) is 1. The van der Waals surface area contributed by atoms with Gasteiger partial charge in [0, 0.05) is 6.54 Å². The lowest BCUT2D eigenvalue weighted by molar-refractivity contribution is -0.159. The monoisotopic (exact) mass is 235 g/mol. The highest BCUT2D eigenvalue weighted by Gasteiger charge is 2.41. The first-order chi connectivity index (χ1) is 7.50. The molecular weight excluding hydrogens is 219 g/mol. The summed E-state index contributed by atoms with van der Waals surface area (Å²) in [5, 5.41) is 2.50. The van der Waals surface area contributed by atoms with Crippen LogP contribution in [0.2, 0.25) is 0 Å². The smallest absolute Gasteiger partial charge is 0.333 e. The van der Waals surface area contributed by atoms with Crippen molar-refractivity contribution in [1.29, 1.82) is 0 Å². The number of halogens is 3. The van der Waals surface area contributed by atoms with Gasteiger partial charge in [0.15, 0.2) is 0 Å². The third kappa shape index (κ3) is 2.98. The lowest BCUT2D eigenvalue weighted by Gasteiger charge is -2.22. The number of alkyl halides is 3. The Morgan fingerprint density at radius 3 is 2.62 bits per heavy atom. The summed E-state index contributed by atoms with van der Waals surface area (Å²) >= 11 is 0. The summed E-state index contributed by atoms with van der Waals surface area (Å²) in [5.41, 5.74) is 0.170. The van der Waals surface area contributed by atoms with Gasteiger partial charge in [0.05, 0.1) is 18.2 Å². The Labute approximate surface area is 92.7 Å². The Kier molecular flexibility index (Phi) is 4.35. The Bertz CT molecular complexity index is 319. The molecule has 0 saturated heterocycles. The van der Waals surface area contributed by atoms with Crippen molar-refractivity contribution in [2.24, 2.45) is 0 Å². The van der Waals surface area contributed by atoms with E-state index in [4.69, 9.17) is 0 Å². The fraction of sp³-hybridized carbons (Fsp3) is 0.700. The molecule has 0 bridgehead atoms. The van der Waals surface area contributed by atoms with Crippen LogP contribution in [0, 0.1) is 0 Å². The highest BCUT2D eigenvalue weighted by atomic mass is 19.4. The molecule has 16 heavy (non-hydrogen) atoms. The topological polar surface area (TPSA) is 29.9 Å². The molecule has 0 aliphatic heterocycles. The van der Waals surface area contributed by atoms with Gasteiger partial charge in [-0.1, -0.05) is 6.92 Å². The van der Waals surface area contributed by atoms with Gasteiger partial charge in [-0.25, -0.2) is 4.98 Å². The van der Waals surface area contributed by atoms with Gasteiger partial charge in [-0.15, -0.1) is 0 Å². The first-order valence-electron chi connectivity index (χ1n) is 5.30. The van der Waals surface area contributed by atoms with Crippen LogP contribution in [0.1, 0.15) is 32.0 Å². The van der Waals surface area contributed by atoms with Crippen LogP contribution in [0.15, 0.2) is 12.5 Å². The molecule has 6 heteroatoms. The van der Waals surface area contributed by atoms with Crippen LogP contribution in [0.25, 0.3) is 0 Å². The maximum absolute atomic E-state index is 12.8. The quantitative estimate of drug-likeness (QED) is 0.849. The van der Waals surface area contributed by atoms with Gasteiger partial charge >= 0.3 is 6.18 Å². The molecule has 1 heterocycles. The minimum atomic E-state index is -4.29. The molecule has 0 aliphatic carbocycles. The number of nitrogens with zero attached hydrogens (tertiary/aromatic N) is 2. The molecule has 3 nitrogen and oxygen atoms in total. The minimum Gasteiger partial charge on any atom is -0.333 e. The number of rotatable bonds is 5. The lowest BCUT2D eigenvalue weighted by atomic mass is 10.2. The van der Waals surface area contributed by atoms with Gasteiger partial charge in [-0.05, 0) is 19.9 Å². The van der Waals surface area contributed by atoms with Gasteiger partial charge < -0.3 is 9.88 Å². The molecule has 1 aromatic heterocycles. The maximum Gasteiger partial charge on any atom is 0.409 e. The van der Waals surface area contributed by atoms with E-state index >= 15 is 0 Å². The normalized spacial score (nSPS) is 14.1. The summed E-state index contributed by atoms with van der Waals surface area (Å²) < 4.78 is 40.0. The molecule has 0 spiro atoms. The average molecular weight is 235 g/mol. The van der Waals surface area contributed by atoms with Crippen LogP contribution in [0.4, 0.5) is 13.2 Å². The van der Waals surface area contributed by atoms with E-state index in [-0.39, 0.29) is 5.69 Å². The molecule has 92 valence electrons. The lowest BCUT2D eigenvalue weighted by Crippen LogP contribution is -2.36. The molecule has 0 aromatic carbocycles. The molecule has 0 saturated carbocycles. The summed E-state index contributed by atoms with van der Waals surface area (Å²) in [6, 6.07) is -1.63. The second-order valence-corrected chi connectivity index (χ2v) is 3.53. The van der Waals surface area contributed by atoms with Crippen LogP contribution >= 0.6 is 0 Å². The van der Waals surface area contributed by atoms with Crippen molar-refractivity contribution in [3.8, 4) is 0 Å². The summed E-state index contributed by atoms with van der Waals surface area (Å²) in [6.07, 6.45) is -0.943. The summed E-state index contributed by atoms with van der Waals surface area (Å²) in [6.45, 7) is 4.44. The van der Waals surface area contributed by atoms with E-state index in [1.54, 1.807) is 6.92 Å². The van der Waals surface area contributed by atoms with Crippen molar-refractivity contribution in [3.05, 3.63) is 18.2 Å². The molecule has 1 unspecified atom stereocenters. The molecule has 0 amide bonds. The van der Waals surface area contributed by atoms with E-state index in [2.05, 4.69) is 10.3 Å². The van der Waals surface area contributed by atoms with Gasteiger partial charge in [0.2, 0.25) is 0 Å². The third-order valence-electron chi connectivity index (χ3n) is 2.31. The number of hydrogen-bond donors (Lipinski definition) is 1. The Hall–Kier alpha value is -1.04. The molecule has 1 rings (SSSR count). The second-order valence-electron chi connectivity index (χ2n) is 3.53. The Morgan fingerprint density at radius 1 is 1.44 bits per heavy atom. The Balaban J connectivity index is 2.92. The predicted molar refractivity (Wildman–Crippen MR) is 55.0 cm³/mol. The number of hydrogen-bond acceptors (Lipinski definition) is 2. The van der Waals surface area contributed by atoms with Crippen LogP contribution in [0.3, 0.4) is 0 Å². The van der Waals surface area contributed by atoms with Gasteiger partial charge in [0.1, 0.15) is 6.04 Å². The first kappa shape index (κ1) is 13.0. The van der Waals surface area contributed by atoms with Crippen LogP contribution in [-0.2, 0) is 6.54 Å². The molecule has 1 N–H and O–H groups in total. The van der Waals surface area contributed by atoms with E-state index in [9.17, 15) is 13.2 Å². The first-order valence-corrected chi connectivity index (χ1v) is 5.30. The number of aryl methyl sites for hydroxylation is 1. The average Bonchev–Trinajstić information content (AvgIpc) is 2.64. The summed E-state index contributed by atoms with van der Waals surface area (Å²) in [5.74, 6) is 0. The fourth-order valence-corrected chi connectivity index (χ4v) is 1.51. The van der Waals surface area contributed by atoms with Crippen LogP contribution in [-0.4, -0.2) is 22.3 Å². The molecule has 1 atom stereocenters. The zero-order valence-electron chi connectivity index (χ0n) is 9.38. The van der Waals surface area contributed by atoms with Gasteiger partial charge in [-0.2, -0.15) is 13.2 Å². The number of imidazole rings is 1. The molecule has 1 aromatic rings. The minimum absolute atomic E-state index is 0.170. The number of aromatic nitrogens is 2. The zero-order chi connectivity index (χ0) is 12.2. The standard InChI is InChI=1S/C10H16F3N3/c1-3-5-15-9(10(11,12)13)8-6-14-7-16(8)4-2/h6-7,9,15H,3-5H2,1-2H3. The van der Waals surface area contributed by atoms with E-state index in [0.717, 1.165) is 0 Å². The highest BCUT2D eigenvalue weighted by molar-refractivity contribution is 5.08. The molecule has 0 radical (unpaired) electrons. The third-order valence-corrected chi connectivity index (χ3v) is 2.31. The Morgan fingerprint density at radius 2 is 2.12 bits per heavy atom. The van der Waals surface area contributed by atoms with Crippen molar-refractivity contribution in [2.45, 2.75) is 39.0 Å². The predicted octanol–water partition coefficient (Wildman–Crippen LogP) is 2.51. The highest BCUT2D eigenvalue weighted by Crippen LogP contribution is 2.32. The van der Waals surface area contributed by atoms with Crippen LogP contribution < -0.4 is 5.32 Å². The SMILES string of the molecule is CCCNC(c1cncn1CC)C(F)(F)F. The van der Waals surface area contributed by atoms with Crippen molar-refractivity contribution < 1.29 is 13.2 Å². The van der Waals surface area contributed by atoms with Crippen molar-refractivity contribution >= 4 is 0 Å². The van der Waals surface area contributed by atoms with E-state index in [1.165, 1.54) is 17.1 Å². The molecule has 0 fully saturated rings. The molecule has 0 aliphatic rings.